The minimum absolute atomic E-state index is 0.00322. The lowest BCUT2D eigenvalue weighted by Crippen LogP contribution is -2.63. The summed E-state index contributed by atoms with van der Waals surface area (Å²) in [5, 5.41) is 19.2. The minimum atomic E-state index is -1.15. The van der Waals surface area contributed by atoms with Crippen LogP contribution in [0.15, 0.2) is 48.5 Å². The molecule has 0 aromatic heterocycles. The highest BCUT2D eigenvalue weighted by Gasteiger charge is 2.68. The van der Waals surface area contributed by atoms with E-state index in [1.165, 1.54) is 5.56 Å². The quantitative estimate of drug-likeness (QED) is 0.697. The van der Waals surface area contributed by atoms with Gasteiger partial charge in [0, 0.05) is 18.7 Å². The van der Waals surface area contributed by atoms with E-state index in [0.717, 1.165) is 19.3 Å². The number of hydrogen-bond acceptors (Lipinski definition) is 5. The Morgan fingerprint density at radius 2 is 1.70 bits per heavy atom. The fourth-order valence-corrected chi connectivity index (χ4v) is 5.65. The lowest BCUT2D eigenvalue weighted by Gasteiger charge is -2.67. The molecule has 6 rings (SSSR count). The largest absolute Gasteiger partial charge is 0.497 e. The molecule has 1 atom stereocenters. The molecule has 2 aromatic rings. The lowest BCUT2D eigenvalue weighted by molar-refractivity contribution is -0.149. The molecule has 1 heterocycles. The molecule has 33 heavy (non-hydrogen) atoms. The van der Waals surface area contributed by atoms with Crippen molar-refractivity contribution < 1.29 is 24.2 Å². The van der Waals surface area contributed by atoms with Crippen LogP contribution in [0.1, 0.15) is 41.6 Å². The first-order valence-electron chi connectivity index (χ1n) is 11.1. The van der Waals surface area contributed by atoms with Crippen LogP contribution < -0.4 is 9.47 Å². The second-order valence-electron chi connectivity index (χ2n) is 9.81. The van der Waals surface area contributed by atoms with E-state index >= 15 is 0 Å². The Kier molecular flexibility index (Phi) is 4.86. The highest BCUT2D eigenvalue weighted by Crippen LogP contribution is 2.73. The monoisotopic (exact) mass is 446 g/mol. The third kappa shape index (κ3) is 3.41. The zero-order valence-electron chi connectivity index (χ0n) is 18.5. The predicted molar refractivity (Wildman–Crippen MR) is 119 cm³/mol. The summed E-state index contributed by atoms with van der Waals surface area (Å²) in [4.78, 5) is 26.6. The number of nitrogens with zero attached hydrogens (tertiary/aromatic N) is 2. The molecule has 1 N–H and O–H groups in total. The second kappa shape index (κ2) is 7.51. The van der Waals surface area contributed by atoms with Crippen molar-refractivity contribution in [2.75, 3.05) is 26.8 Å². The van der Waals surface area contributed by atoms with E-state index in [1.807, 2.05) is 24.3 Å². The first-order chi connectivity index (χ1) is 15.8. The zero-order chi connectivity index (χ0) is 23.3. The van der Waals surface area contributed by atoms with Crippen LogP contribution in [0, 0.1) is 22.2 Å². The van der Waals surface area contributed by atoms with Gasteiger partial charge in [-0.1, -0.05) is 12.1 Å². The van der Waals surface area contributed by atoms with Crippen LogP contribution in [0.4, 0.5) is 0 Å². The van der Waals surface area contributed by atoms with Crippen molar-refractivity contribution in [3.8, 4) is 17.6 Å². The third-order valence-electron chi connectivity index (χ3n) is 7.68. The van der Waals surface area contributed by atoms with Gasteiger partial charge in [0.25, 0.3) is 5.91 Å². The van der Waals surface area contributed by atoms with Crippen LogP contribution in [0.2, 0.25) is 0 Å². The summed E-state index contributed by atoms with van der Waals surface area (Å²) in [5.41, 5.74) is 0.621. The first kappa shape index (κ1) is 21.3. The molecule has 7 nitrogen and oxygen atoms in total. The molecule has 1 unspecified atom stereocenters. The Morgan fingerprint density at radius 3 is 2.27 bits per heavy atom. The van der Waals surface area contributed by atoms with E-state index < -0.39 is 11.4 Å². The standard InChI is InChI=1S/C26H26N2O5/c1-32-20-6-2-18(3-7-20)22(29)28-11-10-25(16-28,23(30)31)17-33-21-8-4-19(5-9-21)26-12-24(13-26,14-26)15-27/h2-9H,10-14,16-17H2,1H3,(H,30,31). The maximum atomic E-state index is 12.9. The lowest BCUT2D eigenvalue weighted by atomic mass is 9.34. The number of carboxylic acids is 1. The van der Waals surface area contributed by atoms with Crippen LogP contribution >= 0.6 is 0 Å². The summed E-state index contributed by atoms with van der Waals surface area (Å²) in [5.74, 6) is 0.116. The average molecular weight is 447 g/mol. The number of rotatable bonds is 7. The molecule has 2 bridgehead atoms. The SMILES string of the molecule is COc1ccc(C(=O)N2CCC(COc3ccc(C45CC(C#N)(C4)C5)cc3)(C(=O)O)C2)cc1. The minimum Gasteiger partial charge on any atom is -0.497 e. The van der Waals surface area contributed by atoms with Gasteiger partial charge in [-0.2, -0.15) is 5.26 Å². The van der Waals surface area contributed by atoms with E-state index in [4.69, 9.17) is 9.47 Å². The van der Waals surface area contributed by atoms with Crippen LogP contribution in [0.5, 0.6) is 11.5 Å². The fourth-order valence-electron chi connectivity index (χ4n) is 5.65. The van der Waals surface area contributed by atoms with E-state index in [-0.39, 0.29) is 29.9 Å². The number of amides is 1. The van der Waals surface area contributed by atoms with Gasteiger partial charge in [0.2, 0.25) is 0 Å². The molecule has 1 aliphatic heterocycles. The summed E-state index contributed by atoms with van der Waals surface area (Å²) in [6.45, 7) is 0.462. The van der Waals surface area contributed by atoms with Crippen molar-refractivity contribution in [1.82, 2.24) is 4.90 Å². The van der Waals surface area contributed by atoms with Crippen LogP contribution in [0.3, 0.4) is 0 Å². The van der Waals surface area contributed by atoms with Gasteiger partial charge in [0.15, 0.2) is 0 Å². The topological polar surface area (TPSA) is 99.9 Å². The van der Waals surface area contributed by atoms with E-state index in [9.17, 15) is 20.0 Å². The zero-order valence-corrected chi connectivity index (χ0v) is 18.5. The van der Waals surface area contributed by atoms with Crippen molar-refractivity contribution in [2.45, 2.75) is 31.1 Å². The third-order valence-corrected chi connectivity index (χ3v) is 7.68. The van der Waals surface area contributed by atoms with Gasteiger partial charge in [-0.25, -0.2) is 0 Å². The highest BCUT2D eigenvalue weighted by molar-refractivity contribution is 5.95. The number of methoxy groups -OCH3 is 1. The number of likely N-dealkylation sites (tertiary alicyclic amines) is 1. The summed E-state index contributed by atoms with van der Waals surface area (Å²) in [6, 6.07) is 17.0. The maximum absolute atomic E-state index is 12.9. The highest BCUT2D eigenvalue weighted by atomic mass is 16.5. The van der Waals surface area contributed by atoms with E-state index in [2.05, 4.69) is 6.07 Å². The smallest absolute Gasteiger partial charge is 0.315 e. The summed E-state index contributed by atoms with van der Waals surface area (Å²) >= 11 is 0. The first-order valence-corrected chi connectivity index (χ1v) is 11.1. The molecule has 1 amide bonds. The Bertz CT molecular complexity index is 1110. The molecule has 3 aliphatic carbocycles. The van der Waals surface area contributed by atoms with Gasteiger partial charge < -0.3 is 19.5 Å². The Balaban J connectivity index is 1.22. The summed E-state index contributed by atoms with van der Waals surface area (Å²) < 4.78 is 11.0. The van der Waals surface area contributed by atoms with Crippen molar-refractivity contribution in [2.24, 2.45) is 10.8 Å². The molecule has 4 fully saturated rings. The predicted octanol–water partition coefficient (Wildman–Crippen LogP) is 3.64. The summed E-state index contributed by atoms with van der Waals surface area (Å²) in [7, 11) is 1.56. The molecule has 0 spiro atoms. The van der Waals surface area contributed by atoms with E-state index in [1.54, 1.807) is 36.3 Å². The van der Waals surface area contributed by atoms with Crippen molar-refractivity contribution in [3.05, 3.63) is 59.7 Å². The average Bonchev–Trinajstić information content (AvgIpc) is 3.23. The molecule has 170 valence electrons. The number of carbonyl (C=O) groups is 2. The van der Waals surface area contributed by atoms with E-state index in [0.29, 0.717) is 30.0 Å². The molecule has 2 aromatic carbocycles. The van der Waals surface area contributed by atoms with Crippen LogP contribution in [-0.4, -0.2) is 48.7 Å². The van der Waals surface area contributed by atoms with Gasteiger partial charge in [0.1, 0.15) is 23.5 Å². The molecule has 3 saturated carbocycles. The number of nitriles is 1. The Hall–Kier alpha value is -3.53. The normalized spacial score (nSPS) is 29.4. The van der Waals surface area contributed by atoms with Crippen LogP contribution in [0.25, 0.3) is 0 Å². The molecule has 7 heteroatoms. The molecule has 1 saturated heterocycles. The second-order valence-corrected chi connectivity index (χ2v) is 9.81. The number of ether oxygens (including phenoxy) is 2. The van der Waals surface area contributed by atoms with Crippen molar-refractivity contribution in [1.29, 1.82) is 5.26 Å². The maximum Gasteiger partial charge on any atom is 0.315 e. The fraction of sp³-hybridized carbons (Fsp3) is 0.423. The molecular weight excluding hydrogens is 420 g/mol. The molecular formula is C26H26N2O5. The number of hydrogen-bond donors (Lipinski definition) is 1. The Morgan fingerprint density at radius 1 is 1.06 bits per heavy atom. The van der Waals surface area contributed by atoms with Gasteiger partial charge in [0.05, 0.1) is 18.6 Å². The summed E-state index contributed by atoms with van der Waals surface area (Å²) in [6.07, 6.45) is 3.12. The van der Waals surface area contributed by atoms with Gasteiger partial charge in [-0.15, -0.1) is 0 Å². The van der Waals surface area contributed by atoms with Crippen LogP contribution in [-0.2, 0) is 10.2 Å². The van der Waals surface area contributed by atoms with Gasteiger partial charge >= 0.3 is 5.97 Å². The molecule has 4 aliphatic rings. The molecule has 0 radical (unpaired) electrons. The number of aliphatic carboxylic acids is 1. The van der Waals surface area contributed by atoms with Crippen molar-refractivity contribution >= 4 is 11.9 Å². The van der Waals surface area contributed by atoms with Gasteiger partial charge in [-0.3, -0.25) is 9.59 Å². The number of carbonyl (C=O) groups excluding carboxylic acids is 1. The van der Waals surface area contributed by atoms with Crippen molar-refractivity contribution in [3.63, 3.8) is 0 Å². The van der Waals surface area contributed by atoms with Gasteiger partial charge in [-0.05, 0) is 73.1 Å². The number of carboxylic acid groups (broad SMARTS) is 1. The number of benzene rings is 2. The Labute approximate surface area is 192 Å².